The Labute approximate surface area is 104 Å². The molecule has 2 nitrogen and oxygen atoms in total. The monoisotopic (exact) mass is 241 g/mol. The number of hydrogen-bond acceptors (Lipinski definition) is 3. The van der Waals surface area contributed by atoms with Gasteiger partial charge in [0.15, 0.2) is 0 Å². The Hall–Kier alpha value is -1.87. The van der Waals surface area contributed by atoms with Gasteiger partial charge in [-0.2, -0.15) is 4.37 Å². The van der Waals surface area contributed by atoms with Crippen LogP contribution in [0.4, 0.5) is 0 Å². The third-order valence-corrected chi connectivity index (χ3v) is 3.57. The summed E-state index contributed by atoms with van der Waals surface area (Å²) in [6.07, 6.45) is 1.87. The van der Waals surface area contributed by atoms with E-state index in [0.29, 0.717) is 0 Å². The van der Waals surface area contributed by atoms with Crippen molar-refractivity contribution in [2.45, 2.75) is 0 Å². The van der Waals surface area contributed by atoms with E-state index in [0.717, 1.165) is 10.6 Å². The molecule has 0 amide bonds. The van der Waals surface area contributed by atoms with Gasteiger partial charge in [0.25, 0.3) is 0 Å². The van der Waals surface area contributed by atoms with Crippen LogP contribution >= 0.6 is 11.5 Å². The highest BCUT2D eigenvalue weighted by Crippen LogP contribution is 2.36. The molecule has 0 aliphatic carbocycles. The standard InChI is InChI=1S/C14H11NOS/c1-16-14-13(9-15-17-14)12-8-4-6-10-5-2-3-7-11(10)12/h2-9H,1H3. The molecule has 0 radical (unpaired) electrons. The molecule has 1 heterocycles. The second-order valence-corrected chi connectivity index (χ2v) is 4.52. The van der Waals surface area contributed by atoms with Gasteiger partial charge in [0.2, 0.25) is 5.06 Å². The topological polar surface area (TPSA) is 22.1 Å². The summed E-state index contributed by atoms with van der Waals surface area (Å²) in [5, 5.41) is 3.33. The first-order chi connectivity index (χ1) is 8.40. The molecule has 3 heteroatoms. The molecule has 0 fully saturated rings. The van der Waals surface area contributed by atoms with Crippen molar-refractivity contribution in [3.63, 3.8) is 0 Å². The highest BCUT2D eigenvalue weighted by molar-refractivity contribution is 7.08. The molecule has 17 heavy (non-hydrogen) atoms. The van der Waals surface area contributed by atoms with E-state index in [2.05, 4.69) is 46.8 Å². The van der Waals surface area contributed by atoms with Gasteiger partial charge in [-0.3, -0.25) is 0 Å². The zero-order chi connectivity index (χ0) is 11.7. The van der Waals surface area contributed by atoms with Crippen LogP contribution < -0.4 is 4.74 Å². The van der Waals surface area contributed by atoms with Crippen LogP contribution in [0.1, 0.15) is 0 Å². The zero-order valence-electron chi connectivity index (χ0n) is 9.38. The number of fused-ring (bicyclic) bond motifs is 1. The van der Waals surface area contributed by atoms with Gasteiger partial charge in [-0.25, -0.2) is 0 Å². The fourth-order valence-corrected chi connectivity index (χ4v) is 2.61. The maximum absolute atomic E-state index is 5.34. The van der Waals surface area contributed by atoms with E-state index in [9.17, 15) is 0 Å². The van der Waals surface area contributed by atoms with Crippen molar-refractivity contribution in [2.75, 3.05) is 7.11 Å². The Bertz CT molecular complexity index is 655. The first-order valence-corrected chi connectivity index (χ1v) is 6.14. The molecule has 0 atom stereocenters. The largest absolute Gasteiger partial charge is 0.486 e. The second-order valence-electron chi connectivity index (χ2n) is 3.76. The molecular formula is C14H11NOS. The second kappa shape index (κ2) is 4.18. The van der Waals surface area contributed by atoms with Crippen molar-refractivity contribution in [3.05, 3.63) is 48.7 Å². The number of methoxy groups -OCH3 is 1. The van der Waals surface area contributed by atoms with Gasteiger partial charge in [-0.1, -0.05) is 42.5 Å². The van der Waals surface area contributed by atoms with Crippen LogP contribution in [0.2, 0.25) is 0 Å². The van der Waals surface area contributed by atoms with Gasteiger partial charge < -0.3 is 4.74 Å². The van der Waals surface area contributed by atoms with Gasteiger partial charge in [0.1, 0.15) is 0 Å². The number of nitrogens with zero attached hydrogens (tertiary/aromatic N) is 1. The molecular weight excluding hydrogens is 230 g/mol. The molecule has 3 aromatic rings. The highest BCUT2D eigenvalue weighted by atomic mass is 32.1. The van der Waals surface area contributed by atoms with E-state index < -0.39 is 0 Å². The fraction of sp³-hybridized carbons (Fsp3) is 0.0714. The predicted molar refractivity (Wildman–Crippen MR) is 71.6 cm³/mol. The Morgan fingerprint density at radius 3 is 2.71 bits per heavy atom. The van der Waals surface area contributed by atoms with Crippen molar-refractivity contribution in [3.8, 4) is 16.2 Å². The summed E-state index contributed by atoms with van der Waals surface area (Å²) in [5.41, 5.74) is 2.24. The summed E-state index contributed by atoms with van der Waals surface area (Å²) >= 11 is 1.38. The van der Waals surface area contributed by atoms with E-state index in [-0.39, 0.29) is 0 Å². The van der Waals surface area contributed by atoms with Gasteiger partial charge in [-0.15, -0.1) is 0 Å². The molecule has 0 spiro atoms. The average molecular weight is 241 g/mol. The van der Waals surface area contributed by atoms with Crippen molar-refractivity contribution in [2.24, 2.45) is 0 Å². The summed E-state index contributed by atoms with van der Waals surface area (Å²) in [5.74, 6) is 0. The minimum absolute atomic E-state index is 0.862. The molecule has 0 unspecified atom stereocenters. The number of aromatic nitrogens is 1. The molecule has 3 rings (SSSR count). The normalized spacial score (nSPS) is 10.6. The van der Waals surface area contributed by atoms with E-state index in [4.69, 9.17) is 4.74 Å². The van der Waals surface area contributed by atoms with Crippen LogP contribution in [-0.4, -0.2) is 11.5 Å². The Morgan fingerprint density at radius 2 is 1.82 bits per heavy atom. The molecule has 0 saturated heterocycles. The molecule has 84 valence electrons. The van der Waals surface area contributed by atoms with E-state index in [1.54, 1.807) is 7.11 Å². The van der Waals surface area contributed by atoms with Crippen LogP contribution in [-0.2, 0) is 0 Å². The van der Waals surface area contributed by atoms with Gasteiger partial charge in [-0.05, 0) is 16.3 Å². The predicted octanol–water partition coefficient (Wildman–Crippen LogP) is 3.97. The summed E-state index contributed by atoms with van der Waals surface area (Å²) < 4.78 is 9.54. The van der Waals surface area contributed by atoms with Crippen LogP contribution in [0.3, 0.4) is 0 Å². The Balaban J connectivity index is 2.31. The van der Waals surface area contributed by atoms with Crippen LogP contribution in [0.5, 0.6) is 5.06 Å². The van der Waals surface area contributed by atoms with E-state index in [1.807, 2.05) is 6.20 Å². The zero-order valence-corrected chi connectivity index (χ0v) is 10.2. The summed E-state index contributed by atoms with van der Waals surface area (Å²) in [6, 6.07) is 14.6. The first-order valence-electron chi connectivity index (χ1n) is 5.37. The lowest BCUT2D eigenvalue weighted by Gasteiger charge is -2.06. The first kappa shape index (κ1) is 10.3. The third kappa shape index (κ3) is 1.68. The Kier molecular flexibility index (Phi) is 2.53. The molecule has 0 saturated carbocycles. The Morgan fingerprint density at radius 1 is 1.00 bits per heavy atom. The fourth-order valence-electron chi connectivity index (χ4n) is 2.02. The van der Waals surface area contributed by atoms with E-state index in [1.165, 1.54) is 27.9 Å². The van der Waals surface area contributed by atoms with Crippen LogP contribution in [0.15, 0.2) is 48.7 Å². The summed E-state index contributed by atoms with van der Waals surface area (Å²) in [6.45, 7) is 0. The minimum atomic E-state index is 0.862. The van der Waals surface area contributed by atoms with Gasteiger partial charge >= 0.3 is 0 Å². The van der Waals surface area contributed by atoms with Crippen molar-refractivity contribution < 1.29 is 4.74 Å². The maximum atomic E-state index is 5.34. The maximum Gasteiger partial charge on any atom is 0.201 e. The molecule has 0 aliphatic heterocycles. The molecule has 1 aromatic heterocycles. The van der Waals surface area contributed by atoms with Crippen LogP contribution in [0, 0.1) is 0 Å². The molecule has 0 bridgehead atoms. The van der Waals surface area contributed by atoms with Crippen molar-refractivity contribution in [1.29, 1.82) is 0 Å². The smallest absolute Gasteiger partial charge is 0.201 e. The lowest BCUT2D eigenvalue weighted by atomic mass is 10.0. The van der Waals surface area contributed by atoms with E-state index >= 15 is 0 Å². The lowest BCUT2D eigenvalue weighted by molar-refractivity contribution is 0.428. The molecule has 2 aromatic carbocycles. The van der Waals surface area contributed by atoms with Crippen LogP contribution in [0.25, 0.3) is 21.9 Å². The lowest BCUT2D eigenvalue weighted by Crippen LogP contribution is -1.83. The summed E-state index contributed by atoms with van der Waals surface area (Å²) in [7, 11) is 1.68. The average Bonchev–Trinajstić information content (AvgIpc) is 2.86. The molecule has 0 aliphatic rings. The van der Waals surface area contributed by atoms with Crippen molar-refractivity contribution in [1.82, 2.24) is 4.37 Å². The van der Waals surface area contributed by atoms with Crippen molar-refractivity contribution >= 4 is 22.3 Å². The quantitative estimate of drug-likeness (QED) is 0.677. The minimum Gasteiger partial charge on any atom is -0.486 e. The number of ether oxygens (including phenoxy) is 1. The SMILES string of the molecule is COc1sncc1-c1cccc2ccccc12. The van der Waals surface area contributed by atoms with Gasteiger partial charge in [0.05, 0.1) is 18.9 Å². The number of hydrogen-bond donors (Lipinski definition) is 0. The number of rotatable bonds is 2. The van der Waals surface area contributed by atoms with Gasteiger partial charge in [0, 0.05) is 11.5 Å². The number of benzene rings is 2. The highest BCUT2D eigenvalue weighted by Gasteiger charge is 2.10. The third-order valence-electron chi connectivity index (χ3n) is 2.80. The molecule has 0 N–H and O–H groups in total. The summed E-state index contributed by atoms with van der Waals surface area (Å²) in [4.78, 5) is 0.